The maximum Gasteiger partial charge on any atom is 0.472 e. The molecule has 344 valence electrons. The van der Waals surface area contributed by atoms with Crippen molar-refractivity contribution >= 4 is 19.8 Å². The molecule has 14 heteroatoms. The molecule has 0 amide bonds. The number of aliphatic hydroxyl groups is 5. The summed E-state index contributed by atoms with van der Waals surface area (Å²) in [7, 11) is -5.10. The van der Waals surface area contributed by atoms with E-state index in [0.29, 0.717) is 12.8 Å². The van der Waals surface area contributed by atoms with Crippen LogP contribution in [0, 0.1) is 0 Å². The highest BCUT2D eigenvalue weighted by Gasteiger charge is 2.51. The Balaban J connectivity index is 2.29. The highest BCUT2D eigenvalue weighted by Crippen LogP contribution is 2.47. The summed E-state index contributed by atoms with van der Waals surface area (Å²) in [5, 5.41) is 50.0. The van der Waals surface area contributed by atoms with E-state index in [9.17, 15) is 44.6 Å². The molecule has 0 saturated heterocycles. The van der Waals surface area contributed by atoms with E-state index in [2.05, 4.69) is 13.8 Å². The molecule has 8 atom stereocenters. The SMILES string of the molecule is CCCCCCCCCCCCCCCCCCCCCCCCC(=O)OC[C@@H](COP(=O)(O)OC1C(O)C(O)C(O)[C@H](O)C1O)OC(=O)CCCCCCCCC. The third-order valence-corrected chi connectivity index (χ3v) is 12.2. The third-order valence-electron chi connectivity index (χ3n) is 11.2. The molecule has 1 rings (SSSR count). The number of carbonyl (C=O) groups is 2. The number of hydrogen-bond acceptors (Lipinski definition) is 12. The lowest BCUT2D eigenvalue weighted by Gasteiger charge is -2.41. The zero-order valence-corrected chi connectivity index (χ0v) is 37.3. The Labute approximate surface area is 351 Å². The molecule has 1 aliphatic rings. The molecule has 0 radical (unpaired) electrons. The van der Waals surface area contributed by atoms with Crippen LogP contribution in [0.2, 0.25) is 0 Å². The highest BCUT2D eigenvalue weighted by molar-refractivity contribution is 7.47. The zero-order valence-electron chi connectivity index (χ0n) is 36.4. The van der Waals surface area contributed by atoms with Gasteiger partial charge < -0.3 is 39.9 Å². The number of ether oxygens (including phenoxy) is 2. The molecule has 0 spiro atoms. The van der Waals surface area contributed by atoms with Gasteiger partial charge in [-0.3, -0.25) is 18.6 Å². The van der Waals surface area contributed by atoms with Gasteiger partial charge in [0.2, 0.25) is 0 Å². The van der Waals surface area contributed by atoms with Crippen LogP contribution in [0.15, 0.2) is 0 Å². The van der Waals surface area contributed by atoms with Crippen molar-refractivity contribution in [3.8, 4) is 0 Å². The van der Waals surface area contributed by atoms with Gasteiger partial charge in [0.25, 0.3) is 0 Å². The van der Waals surface area contributed by atoms with Crippen LogP contribution in [0.1, 0.15) is 213 Å². The molecule has 0 heterocycles. The van der Waals surface area contributed by atoms with Crippen LogP contribution >= 0.6 is 7.82 Å². The highest BCUT2D eigenvalue weighted by atomic mass is 31.2. The lowest BCUT2D eigenvalue weighted by atomic mass is 9.85. The number of carbonyl (C=O) groups excluding carboxylic acids is 2. The maximum atomic E-state index is 12.7. The largest absolute Gasteiger partial charge is 0.472 e. The number of hydrogen-bond donors (Lipinski definition) is 6. The van der Waals surface area contributed by atoms with Crippen molar-refractivity contribution in [2.75, 3.05) is 13.2 Å². The van der Waals surface area contributed by atoms with E-state index in [1.165, 1.54) is 122 Å². The summed E-state index contributed by atoms with van der Waals surface area (Å²) >= 11 is 0. The molecule has 1 aliphatic carbocycles. The molecule has 6 unspecified atom stereocenters. The van der Waals surface area contributed by atoms with E-state index in [-0.39, 0.29) is 12.8 Å². The molecule has 1 saturated carbocycles. The van der Waals surface area contributed by atoms with Gasteiger partial charge >= 0.3 is 19.8 Å². The number of phosphoric acid groups is 1. The number of phosphoric ester groups is 1. The number of aliphatic hydroxyl groups excluding tert-OH is 5. The molecule has 1 fully saturated rings. The van der Waals surface area contributed by atoms with Gasteiger partial charge in [0.05, 0.1) is 6.61 Å². The number of rotatable bonds is 39. The van der Waals surface area contributed by atoms with Crippen LogP contribution in [0.5, 0.6) is 0 Å². The zero-order chi connectivity index (χ0) is 42.9. The topological polar surface area (TPSA) is 210 Å². The summed E-state index contributed by atoms with van der Waals surface area (Å²) in [6.45, 7) is 3.25. The molecule has 0 bridgehead atoms. The van der Waals surface area contributed by atoms with Crippen molar-refractivity contribution in [1.29, 1.82) is 0 Å². The first-order chi connectivity index (χ1) is 27.9. The van der Waals surface area contributed by atoms with Crippen LogP contribution in [-0.2, 0) is 32.7 Å². The van der Waals surface area contributed by atoms with E-state index in [1.807, 2.05) is 0 Å². The van der Waals surface area contributed by atoms with Gasteiger partial charge in [0.1, 0.15) is 43.2 Å². The third kappa shape index (κ3) is 27.6. The molecule has 6 N–H and O–H groups in total. The summed E-state index contributed by atoms with van der Waals surface area (Å²) in [5.74, 6) is -1.09. The molecule has 13 nitrogen and oxygen atoms in total. The fourth-order valence-corrected chi connectivity index (χ4v) is 8.38. The van der Waals surface area contributed by atoms with Gasteiger partial charge in [0.15, 0.2) is 6.10 Å². The van der Waals surface area contributed by atoms with Crippen molar-refractivity contribution in [3.63, 3.8) is 0 Å². The lowest BCUT2D eigenvalue weighted by Crippen LogP contribution is -2.64. The number of unbranched alkanes of at least 4 members (excludes halogenated alkanes) is 27. The van der Waals surface area contributed by atoms with E-state index in [1.54, 1.807) is 0 Å². The molecule has 0 aromatic rings. The summed E-state index contributed by atoms with van der Waals surface area (Å²) in [6, 6.07) is 0. The Kier molecular flexibility index (Phi) is 33.5. The Bertz CT molecular complexity index is 1030. The van der Waals surface area contributed by atoms with E-state index >= 15 is 0 Å². The van der Waals surface area contributed by atoms with Crippen molar-refractivity contribution in [1.82, 2.24) is 0 Å². The minimum Gasteiger partial charge on any atom is -0.462 e. The summed E-state index contributed by atoms with van der Waals surface area (Å²) in [4.78, 5) is 35.5. The normalized spacial score (nSPS) is 22.4. The standard InChI is InChI=1S/C44H85O13P/c1-3-5-7-9-11-12-13-14-15-16-17-18-19-20-21-22-23-24-25-27-28-30-32-37(45)54-34-36(56-38(46)33-31-29-26-10-8-6-4-2)35-55-58(52,53)57-44-42(50)40(48)39(47)41(49)43(44)51/h36,39-44,47-51H,3-35H2,1-2H3,(H,52,53)/t36-,39?,40-,41?,42?,43?,44?/m0/s1. The van der Waals surface area contributed by atoms with Crippen LogP contribution in [0.25, 0.3) is 0 Å². The van der Waals surface area contributed by atoms with Crippen LogP contribution in [0.4, 0.5) is 0 Å². The van der Waals surface area contributed by atoms with E-state index < -0.39 is 75.7 Å². The van der Waals surface area contributed by atoms with Crippen LogP contribution in [0.3, 0.4) is 0 Å². The smallest absolute Gasteiger partial charge is 0.462 e. The van der Waals surface area contributed by atoms with Gasteiger partial charge in [-0.2, -0.15) is 0 Å². The maximum absolute atomic E-state index is 12.7. The summed E-state index contributed by atoms with van der Waals surface area (Å²) in [6.07, 6.45) is 22.1. The van der Waals surface area contributed by atoms with Crippen molar-refractivity contribution in [2.45, 2.75) is 256 Å². The molecule has 0 aliphatic heterocycles. The molecule has 58 heavy (non-hydrogen) atoms. The predicted octanol–water partition coefficient (Wildman–Crippen LogP) is 8.89. The average Bonchev–Trinajstić information content (AvgIpc) is 3.20. The Morgan fingerprint density at radius 2 is 0.776 bits per heavy atom. The summed E-state index contributed by atoms with van der Waals surface area (Å²) in [5.41, 5.74) is 0. The summed E-state index contributed by atoms with van der Waals surface area (Å²) < 4.78 is 33.4. The van der Waals surface area contributed by atoms with Crippen molar-refractivity contribution < 1.29 is 63.1 Å². The second-order valence-corrected chi connectivity index (χ2v) is 18.0. The van der Waals surface area contributed by atoms with Gasteiger partial charge in [-0.05, 0) is 12.8 Å². The van der Waals surface area contributed by atoms with Gasteiger partial charge in [-0.1, -0.05) is 187 Å². The molecular formula is C44H85O13P. The van der Waals surface area contributed by atoms with E-state index in [0.717, 1.165) is 51.4 Å². The van der Waals surface area contributed by atoms with Crippen molar-refractivity contribution in [3.05, 3.63) is 0 Å². The van der Waals surface area contributed by atoms with Crippen LogP contribution in [-0.4, -0.2) is 98.3 Å². The fraction of sp³-hybridized carbons (Fsp3) is 0.955. The molecular weight excluding hydrogens is 767 g/mol. The minimum absolute atomic E-state index is 0.101. The predicted molar refractivity (Wildman–Crippen MR) is 226 cm³/mol. The Hall–Kier alpha value is -1.15. The van der Waals surface area contributed by atoms with Crippen molar-refractivity contribution in [2.24, 2.45) is 0 Å². The lowest BCUT2D eigenvalue weighted by molar-refractivity contribution is -0.220. The van der Waals surface area contributed by atoms with Crippen LogP contribution < -0.4 is 0 Å². The van der Waals surface area contributed by atoms with Gasteiger partial charge in [-0.25, -0.2) is 4.57 Å². The first kappa shape index (κ1) is 54.9. The monoisotopic (exact) mass is 853 g/mol. The quantitative estimate of drug-likeness (QED) is 0.0194. The minimum atomic E-state index is -5.10. The second-order valence-electron chi connectivity index (χ2n) is 16.6. The first-order valence-corrected chi connectivity index (χ1v) is 24.8. The number of esters is 2. The average molecular weight is 853 g/mol. The molecule has 0 aromatic carbocycles. The van der Waals surface area contributed by atoms with E-state index in [4.69, 9.17) is 18.5 Å². The van der Waals surface area contributed by atoms with Gasteiger partial charge in [0, 0.05) is 12.8 Å². The van der Waals surface area contributed by atoms with Gasteiger partial charge in [-0.15, -0.1) is 0 Å². The Morgan fingerprint density at radius 1 is 0.466 bits per heavy atom. The Morgan fingerprint density at radius 3 is 1.14 bits per heavy atom. The molecule has 0 aromatic heterocycles. The second kappa shape index (κ2) is 35.4. The first-order valence-electron chi connectivity index (χ1n) is 23.3. The fourth-order valence-electron chi connectivity index (χ4n) is 7.41.